The molecule has 1 atom stereocenters. The van der Waals surface area contributed by atoms with Crippen molar-refractivity contribution >= 4 is 24.0 Å². The van der Waals surface area contributed by atoms with Gasteiger partial charge in [0.1, 0.15) is 0 Å². The van der Waals surface area contributed by atoms with Gasteiger partial charge in [-0.2, -0.15) is 0 Å². The van der Waals surface area contributed by atoms with Crippen LogP contribution in [-0.2, 0) is 0 Å². The summed E-state index contributed by atoms with van der Waals surface area (Å²) in [5, 5.41) is 0. The van der Waals surface area contributed by atoms with E-state index in [2.05, 4.69) is 35.8 Å². The van der Waals surface area contributed by atoms with Crippen LogP contribution in [0.15, 0.2) is 0 Å². The van der Waals surface area contributed by atoms with Gasteiger partial charge in [0.15, 0.2) is 0 Å². The van der Waals surface area contributed by atoms with E-state index < -0.39 is 0 Å². The number of piperazine rings is 1. The van der Waals surface area contributed by atoms with Crippen LogP contribution in [0, 0.1) is 0 Å². The Morgan fingerprint density at radius 3 is 2.07 bits per heavy atom. The molecule has 0 spiro atoms. The van der Waals surface area contributed by atoms with Gasteiger partial charge in [-0.1, -0.05) is 0 Å². The molecule has 1 aliphatic rings. The Bertz CT molecular complexity index is 147. The molecule has 0 N–H and O–H groups in total. The van der Waals surface area contributed by atoms with Crippen molar-refractivity contribution in [1.82, 2.24) is 14.7 Å². The number of hydrogen-bond donors (Lipinski definition) is 0. The zero-order valence-corrected chi connectivity index (χ0v) is 10.8. The number of halogens is 2. The number of rotatable bonds is 3. The van der Waals surface area contributed by atoms with Crippen LogP contribution in [0.4, 0.5) is 0 Å². The molecule has 0 aromatic carbocycles. The Hall–Kier alpha value is 0.460. The van der Waals surface area contributed by atoms with E-state index in [1.165, 1.54) is 0 Å². The standard InChI is InChI=1S/C9H20ClN3.ClH/c1-11(2)9(8-10)13-6-4-12(3)5-7-13;/h9H,4-8H2,1-3H3;1H. The number of hydrogen-bond acceptors (Lipinski definition) is 3. The third kappa shape index (κ3) is 3.91. The molecule has 1 saturated heterocycles. The molecule has 0 aromatic heterocycles. The molecule has 86 valence electrons. The van der Waals surface area contributed by atoms with Crippen LogP contribution >= 0.6 is 24.0 Å². The van der Waals surface area contributed by atoms with Gasteiger partial charge in [0, 0.05) is 26.2 Å². The minimum Gasteiger partial charge on any atom is -0.304 e. The molecule has 0 aliphatic carbocycles. The fraction of sp³-hybridized carbons (Fsp3) is 1.00. The summed E-state index contributed by atoms with van der Waals surface area (Å²) in [4.78, 5) is 7.00. The van der Waals surface area contributed by atoms with E-state index in [1.54, 1.807) is 0 Å². The third-order valence-electron chi connectivity index (χ3n) is 2.69. The number of likely N-dealkylation sites (N-methyl/N-ethyl adjacent to an activating group) is 1. The first-order valence-corrected chi connectivity index (χ1v) is 5.33. The minimum absolute atomic E-state index is 0. The fourth-order valence-electron chi connectivity index (χ4n) is 1.68. The maximum absolute atomic E-state index is 5.94. The van der Waals surface area contributed by atoms with Gasteiger partial charge in [0.2, 0.25) is 0 Å². The smallest absolute Gasteiger partial charge is 0.0757 e. The van der Waals surface area contributed by atoms with Crippen molar-refractivity contribution < 1.29 is 0 Å². The van der Waals surface area contributed by atoms with Gasteiger partial charge in [-0.25, -0.2) is 0 Å². The van der Waals surface area contributed by atoms with Crippen molar-refractivity contribution in [1.29, 1.82) is 0 Å². The lowest BCUT2D eigenvalue weighted by Crippen LogP contribution is -2.54. The van der Waals surface area contributed by atoms with E-state index in [1.807, 2.05) is 0 Å². The maximum atomic E-state index is 5.94. The van der Waals surface area contributed by atoms with Crippen molar-refractivity contribution in [3.8, 4) is 0 Å². The van der Waals surface area contributed by atoms with Crippen molar-refractivity contribution in [2.45, 2.75) is 6.17 Å². The van der Waals surface area contributed by atoms with Gasteiger partial charge in [-0.05, 0) is 21.1 Å². The average molecular weight is 242 g/mol. The van der Waals surface area contributed by atoms with Crippen LogP contribution in [0.5, 0.6) is 0 Å². The maximum Gasteiger partial charge on any atom is 0.0757 e. The van der Waals surface area contributed by atoms with Crippen molar-refractivity contribution in [3.63, 3.8) is 0 Å². The predicted octanol–water partition coefficient (Wildman–Crippen LogP) is 0.782. The summed E-state index contributed by atoms with van der Waals surface area (Å²) in [7, 11) is 6.35. The van der Waals surface area contributed by atoms with Crippen molar-refractivity contribution in [3.05, 3.63) is 0 Å². The van der Waals surface area contributed by atoms with E-state index in [0.29, 0.717) is 12.0 Å². The van der Waals surface area contributed by atoms with Gasteiger partial charge in [0.05, 0.1) is 12.0 Å². The first kappa shape index (κ1) is 14.5. The second-order valence-corrected chi connectivity index (χ2v) is 4.25. The highest BCUT2D eigenvalue weighted by Gasteiger charge is 2.22. The van der Waals surface area contributed by atoms with E-state index in [0.717, 1.165) is 26.2 Å². The molecule has 1 unspecified atom stereocenters. The van der Waals surface area contributed by atoms with Gasteiger partial charge in [-0.15, -0.1) is 24.0 Å². The summed E-state index contributed by atoms with van der Waals surface area (Å²) in [5.41, 5.74) is 0. The van der Waals surface area contributed by atoms with E-state index in [4.69, 9.17) is 11.6 Å². The zero-order valence-electron chi connectivity index (χ0n) is 9.24. The van der Waals surface area contributed by atoms with Crippen molar-refractivity contribution in [2.75, 3.05) is 53.2 Å². The minimum atomic E-state index is 0. The molecule has 3 nitrogen and oxygen atoms in total. The molecule has 1 rings (SSSR count). The van der Waals surface area contributed by atoms with E-state index in [9.17, 15) is 0 Å². The monoisotopic (exact) mass is 241 g/mol. The lowest BCUT2D eigenvalue weighted by atomic mass is 10.3. The SMILES string of the molecule is CN1CCN(C(CCl)N(C)C)CC1.Cl. The molecule has 0 radical (unpaired) electrons. The number of alkyl halides is 1. The molecular formula is C9H21Cl2N3. The third-order valence-corrected chi connectivity index (χ3v) is 2.97. The Kier molecular flexibility index (Phi) is 7.08. The summed E-state index contributed by atoms with van der Waals surface area (Å²) in [6, 6.07) is 0. The Morgan fingerprint density at radius 1 is 1.21 bits per heavy atom. The lowest BCUT2D eigenvalue weighted by molar-refractivity contribution is 0.0519. The van der Waals surface area contributed by atoms with Gasteiger partial charge >= 0.3 is 0 Å². The van der Waals surface area contributed by atoms with Crippen LogP contribution < -0.4 is 0 Å². The first-order chi connectivity index (χ1) is 6.15. The summed E-state index contributed by atoms with van der Waals surface area (Å²) < 4.78 is 0. The molecule has 0 saturated carbocycles. The highest BCUT2D eigenvalue weighted by atomic mass is 35.5. The second-order valence-electron chi connectivity index (χ2n) is 3.94. The largest absolute Gasteiger partial charge is 0.304 e. The van der Waals surface area contributed by atoms with Crippen LogP contribution in [0.3, 0.4) is 0 Å². The van der Waals surface area contributed by atoms with E-state index >= 15 is 0 Å². The Labute approximate surface area is 98.4 Å². The molecular weight excluding hydrogens is 221 g/mol. The Morgan fingerprint density at radius 2 is 1.71 bits per heavy atom. The van der Waals surface area contributed by atoms with Crippen LogP contribution in [0.25, 0.3) is 0 Å². The summed E-state index contributed by atoms with van der Waals surface area (Å²) in [6.07, 6.45) is 0.398. The quantitative estimate of drug-likeness (QED) is 0.677. The summed E-state index contributed by atoms with van der Waals surface area (Å²) >= 11 is 5.94. The molecule has 5 heteroatoms. The van der Waals surface area contributed by atoms with E-state index in [-0.39, 0.29) is 12.4 Å². The molecule has 14 heavy (non-hydrogen) atoms. The highest BCUT2D eigenvalue weighted by molar-refractivity contribution is 6.18. The van der Waals surface area contributed by atoms with Gasteiger partial charge in [-0.3, -0.25) is 9.80 Å². The first-order valence-electron chi connectivity index (χ1n) is 4.80. The molecule has 1 heterocycles. The molecule has 1 aliphatic heterocycles. The molecule has 0 bridgehead atoms. The lowest BCUT2D eigenvalue weighted by Gasteiger charge is -2.39. The normalized spacial score (nSPS) is 22.1. The zero-order chi connectivity index (χ0) is 9.84. The fourth-order valence-corrected chi connectivity index (χ4v) is 2.15. The highest BCUT2D eigenvalue weighted by Crippen LogP contribution is 2.08. The Balaban J connectivity index is 0.00000169. The van der Waals surface area contributed by atoms with Crippen molar-refractivity contribution in [2.24, 2.45) is 0 Å². The van der Waals surface area contributed by atoms with Gasteiger partial charge in [0.25, 0.3) is 0 Å². The average Bonchev–Trinajstić information content (AvgIpc) is 2.09. The predicted molar refractivity (Wildman–Crippen MR) is 64.5 cm³/mol. The molecule has 0 aromatic rings. The summed E-state index contributed by atoms with van der Waals surface area (Å²) in [6.45, 7) is 4.57. The second kappa shape index (κ2) is 6.85. The van der Waals surface area contributed by atoms with Gasteiger partial charge < -0.3 is 4.90 Å². The van der Waals surface area contributed by atoms with Crippen LogP contribution in [-0.4, -0.2) is 74.1 Å². The van der Waals surface area contributed by atoms with Crippen LogP contribution in [0.1, 0.15) is 0 Å². The molecule has 1 fully saturated rings. The van der Waals surface area contributed by atoms with Crippen LogP contribution in [0.2, 0.25) is 0 Å². The number of nitrogens with zero attached hydrogens (tertiary/aromatic N) is 3. The summed E-state index contributed by atoms with van der Waals surface area (Å²) in [5.74, 6) is 0.691. The molecule has 0 amide bonds. The topological polar surface area (TPSA) is 9.72 Å².